The maximum absolute atomic E-state index is 11.0. The van der Waals surface area contributed by atoms with Crippen LogP contribution in [0.5, 0.6) is 0 Å². The molecule has 0 radical (unpaired) electrons. The Morgan fingerprint density at radius 1 is 0.968 bits per heavy atom. The molecule has 160 valence electrons. The first-order valence-electron chi connectivity index (χ1n) is 10.4. The quantitative estimate of drug-likeness (QED) is 0.443. The Labute approximate surface area is 186 Å². The third-order valence-corrected chi connectivity index (χ3v) is 6.25. The van der Waals surface area contributed by atoms with Gasteiger partial charge in [0.05, 0.1) is 5.56 Å². The van der Waals surface area contributed by atoms with Gasteiger partial charge in [-0.05, 0) is 30.2 Å². The van der Waals surface area contributed by atoms with Gasteiger partial charge in [0.25, 0.3) is 0 Å². The van der Waals surface area contributed by atoms with Crippen molar-refractivity contribution in [1.82, 2.24) is 14.9 Å². The standard InChI is InChI=1S/C24H26N4O2S/c1-18-15-22(28-13-11-27(12-14-28)16-19-5-3-2-4-6-19)26-24(25-18)31-17-20-7-9-21(10-8-20)23(29)30/h2-10,15H,11-14,16-17H2,1H3,(H,29,30). The lowest BCUT2D eigenvalue weighted by atomic mass is 10.1. The monoisotopic (exact) mass is 434 g/mol. The zero-order chi connectivity index (χ0) is 21.6. The third-order valence-electron chi connectivity index (χ3n) is 5.33. The molecule has 1 aliphatic rings. The van der Waals surface area contributed by atoms with Gasteiger partial charge < -0.3 is 10.0 Å². The van der Waals surface area contributed by atoms with Gasteiger partial charge >= 0.3 is 5.97 Å². The number of rotatable bonds is 7. The number of hydrogen-bond donors (Lipinski definition) is 1. The van der Waals surface area contributed by atoms with Crippen molar-refractivity contribution in [2.24, 2.45) is 0 Å². The van der Waals surface area contributed by atoms with Crippen LogP contribution in [-0.2, 0) is 12.3 Å². The number of anilines is 1. The second-order valence-electron chi connectivity index (χ2n) is 7.69. The Balaban J connectivity index is 1.35. The molecule has 1 fully saturated rings. The first-order valence-corrected chi connectivity index (χ1v) is 11.4. The molecule has 0 amide bonds. The van der Waals surface area contributed by atoms with E-state index in [0.29, 0.717) is 11.3 Å². The first kappa shape index (κ1) is 21.3. The predicted molar refractivity (Wildman–Crippen MR) is 124 cm³/mol. The minimum Gasteiger partial charge on any atom is -0.478 e. The number of carboxylic acids is 1. The number of benzene rings is 2. The number of aromatic nitrogens is 2. The normalized spacial score (nSPS) is 14.5. The number of aromatic carboxylic acids is 1. The van der Waals surface area contributed by atoms with Gasteiger partial charge in [-0.25, -0.2) is 14.8 Å². The van der Waals surface area contributed by atoms with Crippen LogP contribution < -0.4 is 4.90 Å². The molecule has 0 aliphatic carbocycles. The summed E-state index contributed by atoms with van der Waals surface area (Å²) < 4.78 is 0. The molecule has 2 aromatic carbocycles. The van der Waals surface area contributed by atoms with Crippen LogP contribution in [0, 0.1) is 6.92 Å². The Morgan fingerprint density at radius 2 is 1.68 bits per heavy atom. The van der Waals surface area contributed by atoms with Gasteiger partial charge in [-0.2, -0.15) is 0 Å². The summed E-state index contributed by atoms with van der Waals surface area (Å²) in [5, 5.41) is 9.78. The lowest BCUT2D eigenvalue weighted by Crippen LogP contribution is -2.46. The van der Waals surface area contributed by atoms with Crippen LogP contribution >= 0.6 is 11.8 Å². The van der Waals surface area contributed by atoms with Crippen molar-refractivity contribution < 1.29 is 9.90 Å². The fraction of sp³-hybridized carbons (Fsp3) is 0.292. The average molecular weight is 435 g/mol. The minimum atomic E-state index is -0.908. The number of carboxylic acid groups (broad SMARTS) is 1. The molecule has 0 bridgehead atoms. The van der Waals surface area contributed by atoms with Crippen molar-refractivity contribution in [3.63, 3.8) is 0 Å². The highest BCUT2D eigenvalue weighted by molar-refractivity contribution is 7.98. The van der Waals surface area contributed by atoms with E-state index in [0.717, 1.165) is 55.0 Å². The highest BCUT2D eigenvalue weighted by atomic mass is 32.2. The van der Waals surface area contributed by atoms with Crippen molar-refractivity contribution >= 4 is 23.5 Å². The topological polar surface area (TPSA) is 69.6 Å². The summed E-state index contributed by atoms with van der Waals surface area (Å²) >= 11 is 1.58. The SMILES string of the molecule is Cc1cc(N2CCN(Cc3ccccc3)CC2)nc(SCc2ccc(C(=O)O)cc2)n1. The second kappa shape index (κ2) is 9.94. The summed E-state index contributed by atoms with van der Waals surface area (Å²) in [6, 6.07) is 19.6. The summed E-state index contributed by atoms with van der Waals surface area (Å²) in [6.45, 7) is 6.91. The molecule has 1 N–H and O–H groups in total. The molecule has 1 saturated heterocycles. The average Bonchev–Trinajstić information content (AvgIpc) is 2.79. The number of hydrogen-bond acceptors (Lipinski definition) is 6. The Hall–Kier alpha value is -2.90. The highest BCUT2D eigenvalue weighted by Crippen LogP contribution is 2.24. The lowest BCUT2D eigenvalue weighted by Gasteiger charge is -2.35. The lowest BCUT2D eigenvalue weighted by molar-refractivity contribution is 0.0697. The van der Waals surface area contributed by atoms with E-state index in [4.69, 9.17) is 10.1 Å². The smallest absolute Gasteiger partial charge is 0.335 e. The Bertz CT molecular complexity index is 1020. The molecule has 0 spiro atoms. The molecule has 1 aliphatic heterocycles. The minimum absolute atomic E-state index is 0.300. The maximum Gasteiger partial charge on any atom is 0.335 e. The second-order valence-corrected chi connectivity index (χ2v) is 8.63. The van der Waals surface area contributed by atoms with E-state index >= 15 is 0 Å². The number of piperazine rings is 1. The molecule has 4 rings (SSSR count). The molecule has 0 unspecified atom stereocenters. The molecule has 0 saturated carbocycles. The molecule has 2 heterocycles. The Morgan fingerprint density at radius 3 is 2.35 bits per heavy atom. The van der Waals surface area contributed by atoms with Crippen LogP contribution in [0.25, 0.3) is 0 Å². The number of thioether (sulfide) groups is 1. The van der Waals surface area contributed by atoms with Crippen LogP contribution in [0.2, 0.25) is 0 Å². The van der Waals surface area contributed by atoms with E-state index in [2.05, 4.69) is 51.2 Å². The summed E-state index contributed by atoms with van der Waals surface area (Å²) in [4.78, 5) is 25.2. The van der Waals surface area contributed by atoms with E-state index in [1.165, 1.54) is 5.56 Å². The van der Waals surface area contributed by atoms with Crippen LogP contribution in [-0.4, -0.2) is 52.1 Å². The van der Waals surface area contributed by atoms with E-state index in [1.54, 1.807) is 23.9 Å². The third kappa shape index (κ3) is 5.83. The van der Waals surface area contributed by atoms with Gasteiger partial charge in [-0.3, -0.25) is 4.90 Å². The fourth-order valence-electron chi connectivity index (χ4n) is 3.62. The summed E-state index contributed by atoms with van der Waals surface area (Å²) in [7, 11) is 0. The molecule has 31 heavy (non-hydrogen) atoms. The molecule has 3 aromatic rings. The van der Waals surface area contributed by atoms with E-state index < -0.39 is 5.97 Å². The number of carbonyl (C=O) groups is 1. The van der Waals surface area contributed by atoms with Gasteiger partial charge in [-0.1, -0.05) is 54.2 Å². The van der Waals surface area contributed by atoms with Gasteiger partial charge in [0.2, 0.25) is 0 Å². The number of nitrogens with zero attached hydrogens (tertiary/aromatic N) is 4. The number of aryl methyl sites for hydroxylation is 1. The van der Waals surface area contributed by atoms with Crippen molar-refractivity contribution in [2.75, 3.05) is 31.1 Å². The highest BCUT2D eigenvalue weighted by Gasteiger charge is 2.19. The van der Waals surface area contributed by atoms with Crippen LogP contribution in [0.4, 0.5) is 5.82 Å². The van der Waals surface area contributed by atoms with Crippen molar-refractivity contribution in [3.05, 3.63) is 83.0 Å². The van der Waals surface area contributed by atoms with Gasteiger partial charge in [-0.15, -0.1) is 0 Å². The summed E-state index contributed by atoms with van der Waals surface area (Å²) in [5.41, 5.74) is 3.66. The van der Waals surface area contributed by atoms with Crippen molar-refractivity contribution in [1.29, 1.82) is 0 Å². The molecule has 7 heteroatoms. The van der Waals surface area contributed by atoms with Crippen LogP contribution in [0.1, 0.15) is 27.2 Å². The molecule has 1 aromatic heterocycles. The van der Waals surface area contributed by atoms with Crippen molar-refractivity contribution in [3.8, 4) is 0 Å². The first-order chi connectivity index (χ1) is 15.1. The zero-order valence-corrected chi connectivity index (χ0v) is 18.4. The molecule has 6 nitrogen and oxygen atoms in total. The van der Waals surface area contributed by atoms with E-state index in [1.807, 2.05) is 19.1 Å². The molecule has 0 atom stereocenters. The summed E-state index contributed by atoms with van der Waals surface area (Å²) in [6.07, 6.45) is 0. The Kier molecular flexibility index (Phi) is 6.84. The fourth-order valence-corrected chi connectivity index (χ4v) is 4.47. The maximum atomic E-state index is 11.0. The zero-order valence-electron chi connectivity index (χ0n) is 17.6. The van der Waals surface area contributed by atoms with Crippen LogP contribution in [0.3, 0.4) is 0 Å². The molecular weight excluding hydrogens is 408 g/mol. The predicted octanol–water partition coefficient (Wildman–Crippen LogP) is 4.10. The van der Waals surface area contributed by atoms with Gasteiger partial charge in [0.15, 0.2) is 5.16 Å². The molecular formula is C24H26N4O2S. The van der Waals surface area contributed by atoms with Gasteiger partial charge in [0, 0.05) is 50.2 Å². The van der Waals surface area contributed by atoms with Crippen LogP contribution in [0.15, 0.2) is 65.8 Å². The van der Waals surface area contributed by atoms with E-state index in [9.17, 15) is 4.79 Å². The largest absolute Gasteiger partial charge is 0.478 e. The summed E-state index contributed by atoms with van der Waals surface area (Å²) in [5.74, 6) is 0.776. The van der Waals surface area contributed by atoms with Crippen molar-refractivity contribution in [2.45, 2.75) is 24.4 Å². The van der Waals surface area contributed by atoms with Gasteiger partial charge in [0.1, 0.15) is 5.82 Å². The van der Waals surface area contributed by atoms with E-state index in [-0.39, 0.29) is 0 Å².